The lowest BCUT2D eigenvalue weighted by Gasteiger charge is -2.11. The molecule has 0 radical (unpaired) electrons. The summed E-state index contributed by atoms with van der Waals surface area (Å²) < 4.78 is 19.5. The third-order valence-electron chi connectivity index (χ3n) is 3.04. The highest BCUT2D eigenvalue weighted by Crippen LogP contribution is 2.32. The van der Waals surface area contributed by atoms with E-state index in [-0.39, 0.29) is 5.82 Å². The number of aryl methyl sites for hydroxylation is 1. The highest BCUT2D eigenvalue weighted by Gasteiger charge is 2.08. The van der Waals surface area contributed by atoms with E-state index >= 15 is 0 Å². The fraction of sp³-hybridized carbons (Fsp3) is 0.0625. The Balaban J connectivity index is 2.10. The third-order valence-corrected chi connectivity index (χ3v) is 3.65. The van der Waals surface area contributed by atoms with Gasteiger partial charge in [-0.05, 0) is 59.3 Å². The summed E-state index contributed by atoms with van der Waals surface area (Å²) >= 11 is 3.15. The monoisotopic (exact) mass is 346 g/mol. The second kappa shape index (κ2) is 5.33. The number of halogens is 2. The summed E-state index contributed by atoms with van der Waals surface area (Å²) in [7, 11) is 0. The summed E-state index contributed by atoms with van der Waals surface area (Å²) in [5.74, 6) is 0.850. The Kier molecular flexibility index (Phi) is 3.51. The van der Waals surface area contributed by atoms with Gasteiger partial charge in [-0.3, -0.25) is 4.98 Å². The molecule has 1 heterocycles. The number of pyridine rings is 1. The Hall–Kier alpha value is -2.14. The molecule has 0 aliphatic heterocycles. The van der Waals surface area contributed by atoms with Gasteiger partial charge in [0.1, 0.15) is 17.3 Å². The minimum atomic E-state index is -0.331. The molecule has 0 fully saturated rings. The van der Waals surface area contributed by atoms with Crippen LogP contribution < -0.4 is 10.5 Å². The predicted molar refractivity (Wildman–Crippen MR) is 85.1 cm³/mol. The zero-order chi connectivity index (χ0) is 15.0. The first-order valence-corrected chi connectivity index (χ1v) is 7.12. The predicted octanol–water partition coefficient (Wildman–Crippen LogP) is 4.82. The SMILES string of the molecule is Cc1cc(Oc2ccc(F)c(Br)c2)c2cc(N)ccc2n1. The molecule has 0 aliphatic carbocycles. The van der Waals surface area contributed by atoms with Gasteiger partial charge in [0, 0.05) is 22.8 Å². The largest absolute Gasteiger partial charge is 0.457 e. The minimum Gasteiger partial charge on any atom is -0.457 e. The summed E-state index contributed by atoms with van der Waals surface area (Å²) in [6, 6.07) is 11.8. The van der Waals surface area contributed by atoms with E-state index in [1.165, 1.54) is 6.07 Å². The van der Waals surface area contributed by atoms with Crippen molar-refractivity contribution >= 4 is 32.5 Å². The van der Waals surface area contributed by atoms with Gasteiger partial charge in [0.05, 0.1) is 9.99 Å². The summed E-state index contributed by atoms with van der Waals surface area (Å²) in [5.41, 5.74) is 8.11. The number of aromatic nitrogens is 1. The molecule has 0 amide bonds. The molecule has 21 heavy (non-hydrogen) atoms. The fourth-order valence-electron chi connectivity index (χ4n) is 2.09. The van der Waals surface area contributed by atoms with Gasteiger partial charge in [-0.2, -0.15) is 0 Å². The van der Waals surface area contributed by atoms with Crippen LogP contribution >= 0.6 is 15.9 Å². The number of rotatable bonds is 2. The molecule has 0 bridgehead atoms. The maximum atomic E-state index is 13.3. The molecule has 1 aromatic heterocycles. The van der Waals surface area contributed by atoms with Crippen molar-refractivity contribution in [2.75, 3.05) is 5.73 Å². The maximum Gasteiger partial charge on any atom is 0.138 e. The maximum absolute atomic E-state index is 13.3. The summed E-state index contributed by atoms with van der Waals surface area (Å²) in [5, 5.41) is 0.820. The zero-order valence-electron chi connectivity index (χ0n) is 11.2. The Morgan fingerprint density at radius 2 is 1.95 bits per heavy atom. The van der Waals surface area contributed by atoms with Crippen molar-refractivity contribution in [2.24, 2.45) is 0 Å². The zero-order valence-corrected chi connectivity index (χ0v) is 12.8. The van der Waals surface area contributed by atoms with Gasteiger partial charge in [0.25, 0.3) is 0 Å². The Morgan fingerprint density at radius 1 is 1.14 bits per heavy atom. The third kappa shape index (κ3) is 2.83. The van der Waals surface area contributed by atoms with E-state index in [1.807, 2.05) is 25.1 Å². The van der Waals surface area contributed by atoms with E-state index in [4.69, 9.17) is 10.5 Å². The Bertz CT molecular complexity index is 836. The van der Waals surface area contributed by atoms with Crippen LogP contribution in [0.1, 0.15) is 5.69 Å². The molecule has 0 aliphatic rings. The molecule has 106 valence electrons. The normalized spacial score (nSPS) is 10.8. The van der Waals surface area contributed by atoms with Gasteiger partial charge in [-0.15, -0.1) is 0 Å². The molecule has 3 rings (SSSR count). The average molecular weight is 347 g/mol. The van der Waals surface area contributed by atoms with Crippen molar-refractivity contribution in [1.82, 2.24) is 4.98 Å². The average Bonchev–Trinajstić information content (AvgIpc) is 2.43. The number of nitrogens with two attached hydrogens (primary N) is 1. The van der Waals surface area contributed by atoms with Crippen molar-refractivity contribution in [3.05, 3.63) is 58.4 Å². The van der Waals surface area contributed by atoms with Crippen LogP contribution in [0.4, 0.5) is 10.1 Å². The molecule has 2 aromatic carbocycles. The van der Waals surface area contributed by atoms with Crippen molar-refractivity contribution in [2.45, 2.75) is 6.92 Å². The lowest BCUT2D eigenvalue weighted by Crippen LogP contribution is -1.93. The number of ether oxygens (including phenoxy) is 1. The van der Waals surface area contributed by atoms with E-state index in [0.29, 0.717) is 21.7 Å². The molecule has 0 atom stereocenters. The van der Waals surface area contributed by atoms with Gasteiger partial charge in [0.2, 0.25) is 0 Å². The molecular formula is C16H12BrFN2O. The number of hydrogen-bond donors (Lipinski definition) is 1. The molecule has 3 aromatic rings. The summed E-state index contributed by atoms with van der Waals surface area (Å²) in [4.78, 5) is 4.45. The molecule has 0 unspecified atom stereocenters. The topological polar surface area (TPSA) is 48.1 Å². The van der Waals surface area contributed by atoms with Crippen molar-refractivity contribution in [3.63, 3.8) is 0 Å². The molecule has 3 nitrogen and oxygen atoms in total. The van der Waals surface area contributed by atoms with E-state index in [0.717, 1.165) is 16.6 Å². The highest BCUT2D eigenvalue weighted by atomic mass is 79.9. The first-order valence-electron chi connectivity index (χ1n) is 6.33. The van der Waals surface area contributed by atoms with E-state index < -0.39 is 0 Å². The molecule has 0 saturated carbocycles. The van der Waals surface area contributed by atoms with Gasteiger partial charge in [-0.25, -0.2) is 4.39 Å². The van der Waals surface area contributed by atoms with E-state index in [9.17, 15) is 4.39 Å². The molecule has 0 spiro atoms. The summed E-state index contributed by atoms with van der Waals surface area (Å²) in [6.07, 6.45) is 0. The lowest BCUT2D eigenvalue weighted by molar-refractivity contribution is 0.484. The fourth-order valence-corrected chi connectivity index (χ4v) is 2.45. The van der Waals surface area contributed by atoms with Crippen molar-refractivity contribution in [3.8, 4) is 11.5 Å². The smallest absolute Gasteiger partial charge is 0.138 e. The first kappa shape index (κ1) is 13.8. The van der Waals surface area contributed by atoms with Crippen LogP contribution in [0.2, 0.25) is 0 Å². The summed E-state index contributed by atoms with van der Waals surface area (Å²) in [6.45, 7) is 1.89. The van der Waals surface area contributed by atoms with Crippen LogP contribution in [0.15, 0.2) is 46.9 Å². The standard InChI is InChI=1S/C16H12BrFN2O/c1-9-6-16(12-7-10(19)2-5-15(12)20-9)21-11-3-4-14(18)13(17)8-11/h2-8H,19H2,1H3. The van der Waals surface area contributed by atoms with Crippen molar-refractivity contribution < 1.29 is 9.13 Å². The molecular weight excluding hydrogens is 335 g/mol. The van der Waals surface area contributed by atoms with Gasteiger partial charge >= 0.3 is 0 Å². The van der Waals surface area contributed by atoms with Crippen LogP contribution in [0, 0.1) is 12.7 Å². The number of nitrogen functional groups attached to an aromatic ring is 1. The number of benzene rings is 2. The molecule has 2 N–H and O–H groups in total. The lowest BCUT2D eigenvalue weighted by atomic mass is 10.1. The van der Waals surface area contributed by atoms with Crippen molar-refractivity contribution in [1.29, 1.82) is 0 Å². The minimum absolute atomic E-state index is 0.331. The van der Waals surface area contributed by atoms with Crippen LogP contribution in [0.3, 0.4) is 0 Å². The van der Waals surface area contributed by atoms with Crippen LogP contribution in [0.25, 0.3) is 10.9 Å². The highest BCUT2D eigenvalue weighted by molar-refractivity contribution is 9.10. The van der Waals surface area contributed by atoms with Crippen LogP contribution in [-0.2, 0) is 0 Å². The van der Waals surface area contributed by atoms with Gasteiger partial charge < -0.3 is 10.5 Å². The number of hydrogen-bond acceptors (Lipinski definition) is 3. The van der Waals surface area contributed by atoms with Gasteiger partial charge in [0.15, 0.2) is 0 Å². The first-order chi connectivity index (χ1) is 10.0. The molecule has 5 heteroatoms. The number of anilines is 1. The Morgan fingerprint density at radius 3 is 2.71 bits per heavy atom. The van der Waals surface area contributed by atoms with E-state index in [1.54, 1.807) is 18.2 Å². The number of nitrogens with zero attached hydrogens (tertiary/aromatic N) is 1. The van der Waals surface area contributed by atoms with Crippen LogP contribution in [-0.4, -0.2) is 4.98 Å². The molecule has 0 saturated heterocycles. The quantitative estimate of drug-likeness (QED) is 0.676. The second-order valence-corrected chi connectivity index (χ2v) is 5.57. The van der Waals surface area contributed by atoms with Gasteiger partial charge in [-0.1, -0.05) is 0 Å². The van der Waals surface area contributed by atoms with E-state index in [2.05, 4.69) is 20.9 Å². The Labute approximate surface area is 129 Å². The second-order valence-electron chi connectivity index (χ2n) is 4.72. The number of fused-ring (bicyclic) bond motifs is 1. The van der Waals surface area contributed by atoms with Crippen LogP contribution in [0.5, 0.6) is 11.5 Å².